The maximum absolute atomic E-state index is 7.00. The first-order chi connectivity index (χ1) is 7.93. The number of aliphatic hydroxyl groups is 1. The Morgan fingerprint density at radius 1 is 0.625 bits per heavy atom. The van der Waals surface area contributed by atoms with Crippen molar-refractivity contribution in [2.75, 3.05) is 7.11 Å². The van der Waals surface area contributed by atoms with E-state index in [4.69, 9.17) is 5.11 Å². The van der Waals surface area contributed by atoms with Crippen LogP contribution in [0.5, 0.6) is 0 Å². The second-order valence-corrected chi connectivity index (χ2v) is 5.27. The molecule has 16 heavy (non-hydrogen) atoms. The third kappa shape index (κ3) is 2.26. The molecular weight excluding hydrogens is 236 g/mol. The number of fused-ring (bicyclic) bond motifs is 2. The van der Waals surface area contributed by atoms with Gasteiger partial charge < -0.3 is 5.11 Å². The van der Waals surface area contributed by atoms with E-state index in [1.54, 1.807) is 0 Å². The number of hydrogen-bond donors (Lipinski definition) is 1. The molecule has 1 N–H and O–H groups in total. The molecule has 3 heteroatoms. The molecule has 0 spiro atoms. The zero-order valence-electron chi connectivity index (χ0n) is 8.88. The summed E-state index contributed by atoms with van der Waals surface area (Å²) in [6.45, 7) is 0. The maximum atomic E-state index is 7.00. The summed E-state index contributed by atoms with van der Waals surface area (Å²) in [6.07, 6.45) is 0. The first-order valence-corrected chi connectivity index (χ1v) is 6.55. The summed E-state index contributed by atoms with van der Waals surface area (Å²) in [6, 6.07) is 17.1. The molecule has 0 aromatic heterocycles. The number of hydrogen-bond acceptors (Lipinski definition) is 3. The summed E-state index contributed by atoms with van der Waals surface area (Å²) < 4.78 is 0. The maximum Gasteiger partial charge on any atom is 0.0319 e. The third-order valence-electron chi connectivity index (χ3n) is 2.14. The van der Waals surface area contributed by atoms with E-state index < -0.39 is 0 Å². The lowest BCUT2D eigenvalue weighted by molar-refractivity contribution is 0.399. The van der Waals surface area contributed by atoms with Crippen molar-refractivity contribution in [3.63, 3.8) is 0 Å². The summed E-state index contributed by atoms with van der Waals surface area (Å²) in [4.78, 5) is 5.49. The molecule has 1 aliphatic heterocycles. The average molecular weight is 248 g/mol. The fourth-order valence-electron chi connectivity index (χ4n) is 1.47. The average Bonchev–Trinajstić information content (AvgIpc) is 2.38. The van der Waals surface area contributed by atoms with Crippen molar-refractivity contribution < 1.29 is 5.11 Å². The molecule has 0 radical (unpaired) electrons. The van der Waals surface area contributed by atoms with Crippen LogP contribution in [0.15, 0.2) is 68.1 Å². The van der Waals surface area contributed by atoms with Crippen LogP contribution in [0.25, 0.3) is 0 Å². The summed E-state index contributed by atoms with van der Waals surface area (Å²) in [5.74, 6) is 0. The molecule has 0 saturated carbocycles. The third-order valence-corrected chi connectivity index (χ3v) is 4.70. The molecule has 2 aromatic carbocycles. The number of aliphatic hydroxyl groups excluding tert-OH is 1. The Bertz CT molecular complexity index is 395. The first kappa shape index (κ1) is 11.6. The van der Waals surface area contributed by atoms with E-state index in [-0.39, 0.29) is 0 Å². The van der Waals surface area contributed by atoms with Crippen molar-refractivity contribution in [2.24, 2.45) is 0 Å². The molecule has 3 rings (SSSR count). The molecule has 0 bridgehead atoms. The second kappa shape index (κ2) is 5.43. The van der Waals surface area contributed by atoms with Gasteiger partial charge in [0.15, 0.2) is 0 Å². The Hall–Kier alpha value is -0.900. The van der Waals surface area contributed by atoms with Crippen LogP contribution in [-0.4, -0.2) is 12.2 Å². The molecule has 0 atom stereocenters. The van der Waals surface area contributed by atoms with Crippen molar-refractivity contribution in [3.8, 4) is 0 Å². The Morgan fingerprint density at radius 2 is 0.875 bits per heavy atom. The Balaban J connectivity index is 0.000000457. The van der Waals surface area contributed by atoms with Crippen LogP contribution in [-0.2, 0) is 0 Å². The van der Waals surface area contributed by atoms with Gasteiger partial charge in [-0.3, -0.25) is 0 Å². The van der Waals surface area contributed by atoms with Gasteiger partial charge in [0, 0.05) is 26.7 Å². The normalized spacial score (nSPS) is 11.9. The summed E-state index contributed by atoms with van der Waals surface area (Å²) >= 11 is 3.72. The molecule has 82 valence electrons. The SMILES string of the molecule is CO.c1ccc2c(c1)Sc1ccccc1S2. The van der Waals surface area contributed by atoms with E-state index in [2.05, 4.69) is 48.5 Å². The minimum Gasteiger partial charge on any atom is -0.400 e. The van der Waals surface area contributed by atoms with Gasteiger partial charge in [0.25, 0.3) is 0 Å². The summed E-state index contributed by atoms with van der Waals surface area (Å²) in [5.41, 5.74) is 0. The first-order valence-electron chi connectivity index (χ1n) is 4.92. The highest BCUT2D eigenvalue weighted by molar-refractivity contribution is 8.05. The monoisotopic (exact) mass is 248 g/mol. The van der Waals surface area contributed by atoms with E-state index in [0.29, 0.717) is 0 Å². The van der Waals surface area contributed by atoms with Gasteiger partial charge >= 0.3 is 0 Å². The Kier molecular flexibility index (Phi) is 3.93. The molecular formula is C13H12OS2. The molecule has 1 nitrogen and oxygen atoms in total. The van der Waals surface area contributed by atoms with Gasteiger partial charge in [-0.05, 0) is 24.3 Å². The molecule has 0 unspecified atom stereocenters. The predicted octanol–water partition coefficient (Wildman–Crippen LogP) is 3.91. The fourth-order valence-corrected chi connectivity index (χ4v) is 3.71. The van der Waals surface area contributed by atoms with Gasteiger partial charge in [-0.15, -0.1) is 0 Å². The molecule has 0 fully saturated rings. The van der Waals surface area contributed by atoms with Crippen molar-refractivity contribution in [1.29, 1.82) is 0 Å². The van der Waals surface area contributed by atoms with Gasteiger partial charge in [0.2, 0.25) is 0 Å². The minimum absolute atomic E-state index is 1.00. The molecule has 0 aliphatic carbocycles. The lowest BCUT2D eigenvalue weighted by Crippen LogP contribution is -1.87. The van der Waals surface area contributed by atoms with Gasteiger partial charge in [-0.25, -0.2) is 0 Å². The van der Waals surface area contributed by atoms with Gasteiger partial charge in [0.1, 0.15) is 0 Å². The van der Waals surface area contributed by atoms with Gasteiger partial charge in [0.05, 0.1) is 0 Å². The van der Waals surface area contributed by atoms with Crippen molar-refractivity contribution in [2.45, 2.75) is 19.6 Å². The van der Waals surface area contributed by atoms with Gasteiger partial charge in [-0.1, -0.05) is 47.8 Å². The lowest BCUT2D eigenvalue weighted by Gasteiger charge is -2.17. The van der Waals surface area contributed by atoms with E-state index in [9.17, 15) is 0 Å². The molecule has 0 amide bonds. The van der Waals surface area contributed by atoms with Crippen molar-refractivity contribution >= 4 is 23.5 Å². The summed E-state index contributed by atoms with van der Waals surface area (Å²) in [7, 11) is 1.00. The van der Waals surface area contributed by atoms with Crippen molar-refractivity contribution in [1.82, 2.24) is 0 Å². The van der Waals surface area contributed by atoms with E-state index in [1.165, 1.54) is 19.6 Å². The highest BCUT2D eigenvalue weighted by atomic mass is 32.2. The smallest absolute Gasteiger partial charge is 0.0319 e. The molecule has 1 heterocycles. The lowest BCUT2D eigenvalue weighted by atomic mass is 10.3. The van der Waals surface area contributed by atoms with E-state index in [1.807, 2.05) is 23.5 Å². The highest BCUT2D eigenvalue weighted by Crippen LogP contribution is 2.47. The second-order valence-electron chi connectivity index (χ2n) is 3.10. The quantitative estimate of drug-likeness (QED) is 0.651. The van der Waals surface area contributed by atoms with Crippen LogP contribution < -0.4 is 0 Å². The van der Waals surface area contributed by atoms with E-state index >= 15 is 0 Å². The Labute approximate surface area is 104 Å². The van der Waals surface area contributed by atoms with Crippen LogP contribution in [0.2, 0.25) is 0 Å². The van der Waals surface area contributed by atoms with Gasteiger partial charge in [-0.2, -0.15) is 0 Å². The largest absolute Gasteiger partial charge is 0.400 e. The number of benzene rings is 2. The van der Waals surface area contributed by atoms with Crippen LogP contribution in [0.3, 0.4) is 0 Å². The standard InChI is InChI=1S/C12H8S2.CH4O/c1-2-6-10-9(5-1)13-11-7-3-4-8-12(11)14-10;1-2/h1-8H;2H,1H3. The van der Waals surface area contributed by atoms with Crippen LogP contribution >= 0.6 is 23.5 Å². The Morgan fingerprint density at radius 3 is 1.12 bits per heavy atom. The molecule has 1 aliphatic rings. The minimum atomic E-state index is 1.00. The van der Waals surface area contributed by atoms with Crippen LogP contribution in [0.1, 0.15) is 0 Å². The predicted molar refractivity (Wildman–Crippen MR) is 69.3 cm³/mol. The number of rotatable bonds is 0. The highest BCUT2D eigenvalue weighted by Gasteiger charge is 2.14. The zero-order chi connectivity index (χ0) is 11.4. The molecule has 2 aromatic rings. The topological polar surface area (TPSA) is 20.2 Å². The van der Waals surface area contributed by atoms with Crippen LogP contribution in [0.4, 0.5) is 0 Å². The summed E-state index contributed by atoms with van der Waals surface area (Å²) in [5, 5.41) is 7.00. The molecule has 0 saturated heterocycles. The van der Waals surface area contributed by atoms with Crippen molar-refractivity contribution in [3.05, 3.63) is 48.5 Å². The zero-order valence-corrected chi connectivity index (χ0v) is 10.5. The van der Waals surface area contributed by atoms with Crippen LogP contribution in [0, 0.1) is 0 Å². The van der Waals surface area contributed by atoms with E-state index in [0.717, 1.165) is 7.11 Å². The fraction of sp³-hybridized carbons (Fsp3) is 0.0769.